The summed E-state index contributed by atoms with van der Waals surface area (Å²) in [5.41, 5.74) is 0.968. The number of rotatable bonds is 5. The molecule has 1 aromatic heterocycles. The summed E-state index contributed by atoms with van der Waals surface area (Å²) in [7, 11) is 1.55. The van der Waals surface area contributed by atoms with Gasteiger partial charge in [0.05, 0.1) is 6.61 Å². The first kappa shape index (κ1) is 15.3. The molecule has 0 aliphatic carbocycles. The quantitative estimate of drug-likeness (QED) is 0.920. The summed E-state index contributed by atoms with van der Waals surface area (Å²) in [5.74, 6) is -0.372. The van der Waals surface area contributed by atoms with Crippen molar-refractivity contribution in [2.24, 2.45) is 0 Å². The summed E-state index contributed by atoms with van der Waals surface area (Å²) >= 11 is 0. The Kier molecular flexibility index (Phi) is 4.46. The van der Waals surface area contributed by atoms with Crippen LogP contribution in [0.4, 0.5) is 13.2 Å². The lowest BCUT2D eigenvalue weighted by molar-refractivity contribution is -0.123. The third-order valence-corrected chi connectivity index (χ3v) is 2.66. The van der Waals surface area contributed by atoms with Gasteiger partial charge in [-0.1, -0.05) is 0 Å². The molecule has 0 aliphatic rings. The molecule has 1 aromatic carbocycles. The molecule has 114 valence electrons. The zero-order valence-corrected chi connectivity index (χ0v) is 11.2. The van der Waals surface area contributed by atoms with Crippen molar-refractivity contribution >= 4 is 17.0 Å². The summed E-state index contributed by atoms with van der Waals surface area (Å²) in [6, 6.07) is 4.29. The molecule has 0 radical (unpaired) electrons. The van der Waals surface area contributed by atoms with E-state index in [0.29, 0.717) is 30.0 Å². The molecule has 0 bridgehead atoms. The molecule has 1 heterocycles. The number of ether oxygens (including phenoxy) is 1. The smallest absolute Gasteiger partial charge is 0.405 e. The minimum Gasteiger partial charge on any atom is -0.441 e. The highest BCUT2D eigenvalue weighted by molar-refractivity contribution is 5.97. The first-order chi connectivity index (χ1) is 9.89. The second kappa shape index (κ2) is 6.13. The number of nitrogens with one attached hydrogen (secondary N) is 1. The number of halogens is 3. The van der Waals surface area contributed by atoms with Crippen molar-refractivity contribution in [1.82, 2.24) is 10.3 Å². The first-order valence-electron chi connectivity index (χ1n) is 6.12. The largest absolute Gasteiger partial charge is 0.441 e. The number of amides is 1. The fourth-order valence-electron chi connectivity index (χ4n) is 1.69. The van der Waals surface area contributed by atoms with Crippen molar-refractivity contribution in [3.05, 3.63) is 29.7 Å². The van der Waals surface area contributed by atoms with E-state index in [0.717, 1.165) is 0 Å². The minimum atomic E-state index is -4.45. The Morgan fingerprint density at radius 2 is 2.19 bits per heavy atom. The van der Waals surface area contributed by atoms with Crippen molar-refractivity contribution in [2.75, 3.05) is 20.3 Å². The number of benzene rings is 1. The molecule has 2 rings (SSSR count). The molecule has 0 atom stereocenters. The lowest BCUT2D eigenvalue weighted by Gasteiger charge is -2.07. The molecule has 1 amide bonds. The molecule has 0 unspecified atom stereocenters. The highest BCUT2D eigenvalue weighted by Gasteiger charge is 2.28. The predicted octanol–water partition coefficient (Wildman–Crippen LogP) is 2.31. The van der Waals surface area contributed by atoms with Gasteiger partial charge in [0.15, 0.2) is 11.5 Å². The number of oxazole rings is 1. The Morgan fingerprint density at radius 1 is 1.43 bits per heavy atom. The van der Waals surface area contributed by atoms with Crippen LogP contribution in [-0.2, 0) is 11.2 Å². The average molecular weight is 302 g/mol. The van der Waals surface area contributed by atoms with E-state index in [-0.39, 0.29) is 5.56 Å². The zero-order chi connectivity index (χ0) is 15.5. The van der Waals surface area contributed by atoms with E-state index in [2.05, 4.69) is 4.98 Å². The van der Waals surface area contributed by atoms with Gasteiger partial charge in [-0.05, 0) is 18.2 Å². The lowest BCUT2D eigenvalue weighted by Crippen LogP contribution is -2.33. The van der Waals surface area contributed by atoms with Crippen molar-refractivity contribution in [1.29, 1.82) is 0 Å². The third-order valence-electron chi connectivity index (χ3n) is 2.66. The number of nitrogens with zero attached hydrogens (tertiary/aromatic N) is 1. The van der Waals surface area contributed by atoms with Crippen LogP contribution in [0.15, 0.2) is 22.6 Å². The number of carbonyl (C=O) groups excluding carboxylic acids is 1. The molecule has 0 saturated heterocycles. The van der Waals surface area contributed by atoms with Crippen LogP contribution in [0.2, 0.25) is 0 Å². The first-order valence-corrected chi connectivity index (χ1v) is 6.12. The normalized spacial score (nSPS) is 11.8. The standard InChI is InChI=1S/C13H13F3N2O3/c1-20-5-4-11-18-9-3-2-8(6-10(9)21-11)12(19)17-7-13(14,15)16/h2-3,6H,4-5,7H2,1H3,(H,17,19). The molecule has 1 N–H and O–H groups in total. The maximum Gasteiger partial charge on any atom is 0.405 e. The van der Waals surface area contributed by atoms with E-state index < -0.39 is 18.6 Å². The van der Waals surface area contributed by atoms with Crippen molar-refractivity contribution < 1.29 is 27.1 Å². The Bertz CT molecular complexity index is 637. The van der Waals surface area contributed by atoms with Crippen molar-refractivity contribution in [3.63, 3.8) is 0 Å². The van der Waals surface area contributed by atoms with Gasteiger partial charge < -0.3 is 14.5 Å². The summed E-state index contributed by atoms with van der Waals surface area (Å²) in [6.45, 7) is -0.939. The lowest BCUT2D eigenvalue weighted by atomic mass is 10.2. The number of methoxy groups -OCH3 is 1. The van der Waals surface area contributed by atoms with Crippen molar-refractivity contribution in [2.45, 2.75) is 12.6 Å². The van der Waals surface area contributed by atoms with Crippen LogP contribution >= 0.6 is 0 Å². The minimum absolute atomic E-state index is 0.0844. The fraction of sp³-hybridized carbons (Fsp3) is 0.385. The van der Waals surface area contributed by atoms with Gasteiger partial charge in [0.25, 0.3) is 5.91 Å². The summed E-state index contributed by atoms with van der Waals surface area (Å²) < 4.78 is 46.5. The Hall–Kier alpha value is -2.09. The SMILES string of the molecule is COCCc1nc2ccc(C(=O)NCC(F)(F)F)cc2o1. The highest BCUT2D eigenvalue weighted by atomic mass is 19.4. The molecule has 0 saturated carbocycles. The van der Waals surface area contributed by atoms with Gasteiger partial charge in [0.2, 0.25) is 0 Å². The van der Waals surface area contributed by atoms with E-state index in [1.165, 1.54) is 18.2 Å². The van der Waals surface area contributed by atoms with Gasteiger partial charge in [-0.25, -0.2) is 4.98 Å². The number of hydrogen-bond donors (Lipinski definition) is 1. The highest BCUT2D eigenvalue weighted by Crippen LogP contribution is 2.18. The Morgan fingerprint density at radius 3 is 2.86 bits per heavy atom. The fourth-order valence-corrected chi connectivity index (χ4v) is 1.69. The summed E-state index contributed by atoms with van der Waals surface area (Å²) in [5, 5.41) is 1.80. The van der Waals surface area contributed by atoms with Crippen molar-refractivity contribution in [3.8, 4) is 0 Å². The molecule has 0 fully saturated rings. The van der Waals surface area contributed by atoms with E-state index in [9.17, 15) is 18.0 Å². The summed E-state index contributed by atoms with van der Waals surface area (Å²) in [6.07, 6.45) is -3.97. The van der Waals surface area contributed by atoms with Crippen LogP contribution in [0, 0.1) is 0 Å². The molecular weight excluding hydrogens is 289 g/mol. The maximum absolute atomic E-state index is 12.1. The molecular formula is C13H13F3N2O3. The topological polar surface area (TPSA) is 64.4 Å². The second-order valence-corrected chi connectivity index (χ2v) is 4.33. The molecule has 0 aliphatic heterocycles. The van der Waals surface area contributed by atoms with E-state index in [4.69, 9.17) is 9.15 Å². The predicted molar refractivity (Wildman–Crippen MR) is 68.0 cm³/mol. The van der Waals surface area contributed by atoms with Crippen LogP contribution in [0.25, 0.3) is 11.1 Å². The van der Waals surface area contributed by atoms with Crippen LogP contribution < -0.4 is 5.32 Å². The molecule has 2 aromatic rings. The Balaban J connectivity index is 2.12. The van der Waals surface area contributed by atoms with Crippen LogP contribution in [0.5, 0.6) is 0 Å². The van der Waals surface area contributed by atoms with E-state index >= 15 is 0 Å². The number of hydrogen-bond acceptors (Lipinski definition) is 4. The van der Waals surface area contributed by atoms with E-state index in [1.54, 1.807) is 12.4 Å². The number of fused-ring (bicyclic) bond motifs is 1. The zero-order valence-electron chi connectivity index (χ0n) is 11.2. The average Bonchev–Trinajstić information content (AvgIpc) is 2.83. The molecule has 8 heteroatoms. The van der Waals surface area contributed by atoms with Crippen LogP contribution in [0.1, 0.15) is 16.2 Å². The monoisotopic (exact) mass is 302 g/mol. The van der Waals surface area contributed by atoms with Gasteiger partial charge in [0.1, 0.15) is 12.1 Å². The third kappa shape index (κ3) is 4.19. The molecule has 21 heavy (non-hydrogen) atoms. The maximum atomic E-state index is 12.1. The van der Waals surface area contributed by atoms with Gasteiger partial charge in [-0.3, -0.25) is 4.79 Å². The van der Waals surface area contributed by atoms with Crippen LogP contribution in [-0.4, -0.2) is 37.3 Å². The number of aromatic nitrogens is 1. The van der Waals surface area contributed by atoms with E-state index in [1.807, 2.05) is 0 Å². The Labute approximate surface area is 118 Å². The van der Waals surface area contributed by atoms with Gasteiger partial charge in [0, 0.05) is 19.1 Å². The van der Waals surface area contributed by atoms with Gasteiger partial charge >= 0.3 is 6.18 Å². The number of alkyl halides is 3. The van der Waals surface area contributed by atoms with Crippen LogP contribution in [0.3, 0.4) is 0 Å². The van der Waals surface area contributed by atoms with Gasteiger partial charge in [-0.2, -0.15) is 13.2 Å². The molecule has 5 nitrogen and oxygen atoms in total. The number of carbonyl (C=O) groups is 1. The van der Waals surface area contributed by atoms with Gasteiger partial charge in [-0.15, -0.1) is 0 Å². The molecule has 0 spiro atoms. The summed E-state index contributed by atoms with van der Waals surface area (Å²) in [4.78, 5) is 15.8. The second-order valence-electron chi connectivity index (χ2n) is 4.33.